The first-order valence-electron chi connectivity index (χ1n) is 16.9. The fraction of sp³-hybridized carbons (Fsp3) is 0.571. The van der Waals surface area contributed by atoms with E-state index in [4.69, 9.17) is 16.3 Å². The average Bonchev–Trinajstić information content (AvgIpc) is 3.25. The van der Waals surface area contributed by atoms with Crippen molar-refractivity contribution >= 4 is 35.3 Å². The summed E-state index contributed by atoms with van der Waals surface area (Å²) in [7, 11) is 0. The van der Waals surface area contributed by atoms with E-state index in [0.717, 1.165) is 73.4 Å². The number of ether oxygens (including phenoxy) is 1. The number of piperidine rings is 2. The highest BCUT2D eigenvalue weighted by Crippen LogP contribution is 2.27. The minimum atomic E-state index is -0.921. The molecule has 4 aliphatic rings. The van der Waals surface area contributed by atoms with Gasteiger partial charge >= 0.3 is 12.1 Å². The molecular weight excluding hydrogens is 604 g/mol. The number of fused-ring (bicyclic) bond motifs is 1. The third-order valence-electron chi connectivity index (χ3n) is 10.2. The fourth-order valence-corrected chi connectivity index (χ4v) is 7.65. The lowest BCUT2D eigenvalue weighted by Crippen LogP contribution is -2.54. The minimum absolute atomic E-state index is 0. The molecule has 0 bridgehead atoms. The number of anilines is 1. The first kappa shape index (κ1) is 32.6. The molecule has 0 aliphatic carbocycles. The van der Waals surface area contributed by atoms with Gasteiger partial charge in [0.15, 0.2) is 6.10 Å². The van der Waals surface area contributed by atoms with Crippen molar-refractivity contribution in [3.05, 3.63) is 63.7 Å². The van der Waals surface area contributed by atoms with Gasteiger partial charge in [0.25, 0.3) is 5.91 Å². The summed E-state index contributed by atoms with van der Waals surface area (Å²) < 4.78 is 6.08. The van der Waals surface area contributed by atoms with Crippen molar-refractivity contribution in [1.29, 1.82) is 0 Å². The number of hydrogen-bond donors (Lipinski definition) is 2. The minimum Gasteiger partial charge on any atom is -0.436 e. The molecule has 2 N–H and O–H groups in total. The molecule has 1 atom stereocenters. The number of para-hydroxylation sites is 1. The van der Waals surface area contributed by atoms with E-state index in [9.17, 15) is 14.4 Å². The van der Waals surface area contributed by atoms with Crippen LogP contribution < -0.4 is 10.6 Å². The maximum absolute atomic E-state index is 14.0. The number of carbonyl (C=O) groups excluding carboxylic acids is 3. The average molecular weight is 653 g/mol. The Labute approximate surface area is 278 Å². The topological polar surface area (TPSA) is 97.5 Å². The number of likely N-dealkylation sites (tertiary alicyclic amines) is 2. The highest BCUT2D eigenvalue weighted by molar-refractivity contribution is 6.32. The number of carbonyl (C=O) groups is 3. The zero-order valence-corrected chi connectivity index (χ0v) is 27.9. The normalized spacial score (nSPS) is 20.9. The van der Waals surface area contributed by atoms with Crippen molar-refractivity contribution in [2.24, 2.45) is 0 Å². The van der Waals surface area contributed by atoms with Crippen molar-refractivity contribution in [2.45, 2.75) is 70.6 Å². The SMILES string of the molecule is Cc1cc(C[C@@H](OC(=O)N2CCC(N3CCc4ccccc4NC3=O)CC2)C(=O)N2CCC(N3CCNCC3)CC2)cc(C)c1Cl.[HH]. The maximum atomic E-state index is 14.0. The van der Waals surface area contributed by atoms with E-state index in [-0.39, 0.29) is 19.4 Å². The summed E-state index contributed by atoms with van der Waals surface area (Å²) in [6.07, 6.45) is 2.86. The number of aryl methyl sites for hydroxylation is 2. The number of nitrogens with zero attached hydrogens (tertiary/aromatic N) is 4. The Balaban J connectivity index is 0.00000433. The second-order valence-corrected chi connectivity index (χ2v) is 13.6. The molecule has 0 spiro atoms. The van der Waals surface area contributed by atoms with Crippen molar-refractivity contribution in [2.75, 3.05) is 64.2 Å². The molecule has 2 aromatic carbocycles. The third kappa shape index (κ3) is 7.45. The first-order chi connectivity index (χ1) is 22.3. The Morgan fingerprint density at radius 1 is 0.913 bits per heavy atom. The van der Waals surface area contributed by atoms with E-state index in [1.807, 2.05) is 54.0 Å². The number of nitrogens with one attached hydrogen (secondary N) is 2. The summed E-state index contributed by atoms with van der Waals surface area (Å²) in [4.78, 5) is 48.7. The summed E-state index contributed by atoms with van der Waals surface area (Å²) in [5.41, 5.74) is 4.80. The molecule has 0 aromatic heterocycles. The smallest absolute Gasteiger partial charge is 0.410 e. The second kappa shape index (κ2) is 14.6. The summed E-state index contributed by atoms with van der Waals surface area (Å²) in [6, 6.07) is 12.3. The number of piperazine rings is 1. The Bertz CT molecular complexity index is 1400. The molecule has 6 rings (SSSR count). The molecule has 250 valence electrons. The van der Waals surface area contributed by atoms with Crippen LogP contribution in [0.5, 0.6) is 0 Å². The van der Waals surface area contributed by atoms with Crippen LogP contribution in [0.1, 0.15) is 49.4 Å². The lowest BCUT2D eigenvalue weighted by Gasteiger charge is -2.41. The van der Waals surface area contributed by atoms with Crippen molar-refractivity contribution in [3.63, 3.8) is 0 Å². The van der Waals surface area contributed by atoms with Gasteiger partial charge in [-0.25, -0.2) is 9.59 Å². The van der Waals surface area contributed by atoms with Crippen LogP contribution in [0.3, 0.4) is 0 Å². The first-order valence-corrected chi connectivity index (χ1v) is 17.2. The number of hydrogen-bond acceptors (Lipinski definition) is 6. The van der Waals surface area contributed by atoms with E-state index >= 15 is 0 Å². The van der Waals surface area contributed by atoms with Crippen LogP contribution in [-0.4, -0.2) is 115 Å². The van der Waals surface area contributed by atoms with E-state index in [0.29, 0.717) is 63.1 Å². The highest BCUT2D eigenvalue weighted by atomic mass is 35.5. The van der Waals surface area contributed by atoms with Crippen LogP contribution in [0, 0.1) is 13.8 Å². The molecule has 0 saturated carbocycles. The largest absolute Gasteiger partial charge is 0.436 e. The standard InChI is InChI=1S/C35H47ClN6O4.H2/c1-24-21-26(22-25(2)32(24)36)23-31(33(43)40-14-8-28(9-15-40)39-19-12-37-13-20-39)46-35(45)41-16-10-29(11-17-41)42-18-7-27-5-3-4-6-30(27)38-34(42)44;/h3-6,21-22,28-29,31,37H,7-20,23H2,1-2H3,(H,38,44);1H/t31-;/m1./s1. The maximum Gasteiger partial charge on any atom is 0.410 e. The van der Waals surface area contributed by atoms with E-state index in [2.05, 4.69) is 21.6 Å². The van der Waals surface area contributed by atoms with Crippen LogP contribution in [0.2, 0.25) is 5.02 Å². The zero-order chi connectivity index (χ0) is 32.2. The fourth-order valence-electron chi connectivity index (χ4n) is 7.54. The molecule has 11 heteroatoms. The van der Waals surface area contributed by atoms with Crippen LogP contribution in [0.25, 0.3) is 0 Å². The van der Waals surface area contributed by atoms with Crippen LogP contribution in [0.4, 0.5) is 15.3 Å². The van der Waals surface area contributed by atoms with E-state index in [1.54, 1.807) is 4.90 Å². The van der Waals surface area contributed by atoms with Gasteiger partial charge in [0.05, 0.1) is 0 Å². The predicted molar refractivity (Wildman–Crippen MR) is 182 cm³/mol. The third-order valence-corrected chi connectivity index (χ3v) is 10.8. The quantitative estimate of drug-likeness (QED) is 0.470. The van der Waals surface area contributed by atoms with Gasteiger partial charge in [0, 0.05) is 89.5 Å². The zero-order valence-electron chi connectivity index (χ0n) is 27.1. The van der Waals surface area contributed by atoms with Gasteiger partial charge in [-0.1, -0.05) is 41.9 Å². The molecule has 0 radical (unpaired) electrons. The molecular formula is C35H49ClN6O4. The number of benzene rings is 2. The summed E-state index contributed by atoms with van der Waals surface area (Å²) in [5.74, 6) is -0.131. The summed E-state index contributed by atoms with van der Waals surface area (Å²) in [5, 5.41) is 7.18. The van der Waals surface area contributed by atoms with Gasteiger partial charge in [0.2, 0.25) is 0 Å². The van der Waals surface area contributed by atoms with Gasteiger partial charge in [-0.3, -0.25) is 9.69 Å². The second-order valence-electron chi connectivity index (χ2n) is 13.2. The Morgan fingerprint density at radius 2 is 1.54 bits per heavy atom. The lowest BCUT2D eigenvalue weighted by molar-refractivity contribution is -0.142. The molecule has 3 saturated heterocycles. The Kier molecular flexibility index (Phi) is 10.4. The number of rotatable bonds is 6. The molecule has 4 aliphatic heterocycles. The number of halogens is 1. The molecule has 4 heterocycles. The molecule has 46 heavy (non-hydrogen) atoms. The van der Waals surface area contributed by atoms with Gasteiger partial charge in [0.1, 0.15) is 0 Å². The van der Waals surface area contributed by atoms with Gasteiger partial charge in [-0.05, 0) is 74.3 Å². The molecule has 2 aromatic rings. The summed E-state index contributed by atoms with van der Waals surface area (Å²) in [6.45, 7) is 10.9. The highest BCUT2D eigenvalue weighted by Gasteiger charge is 2.36. The number of amides is 4. The predicted octanol–water partition coefficient (Wildman–Crippen LogP) is 4.70. The summed E-state index contributed by atoms with van der Waals surface area (Å²) >= 11 is 6.44. The molecule has 3 fully saturated rings. The lowest BCUT2D eigenvalue weighted by atomic mass is 9.99. The Hall–Kier alpha value is -3.34. The molecule has 10 nitrogen and oxygen atoms in total. The number of urea groups is 1. The van der Waals surface area contributed by atoms with Gasteiger partial charge < -0.3 is 30.1 Å². The Morgan fingerprint density at radius 3 is 2.24 bits per heavy atom. The molecule has 0 unspecified atom stereocenters. The van der Waals surface area contributed by atoms with Crippen molar-refractivity contribution in [1.82, 2.24) is 24.9 Å². The van der Waals surface area contributed by atoms with E-state index in [1.165, 1.54) is 0 Å². The van der Waals surface area contributed by atoms with Crippen molar-refractivity contribution < 1.29 is 20.5 Å². The van der Waals surface area contributed by atoms with Crippen LogP contribution in [0.15, 0.2) is 36.4 Å². The van der Waals surface area contributed by atoms with Crippen LogP contribution >= 0.6 is 11.6 Å². The van der Waals surface area contributed by atoms with E-state index < -0.39 is 12.2 Å². The van der Waals surface area contributed by atoms with Crippen LogP contribution in [-0.2, 0) is 22.4 Å². The molecule has 4 amide bonds. The van der Waals surface area contributed by atoms with Crippen molar-refractivity contribution in [3.8, 4) is 0 Å². The monoisotopic (exact) mass is 652 g/mol. The van der Waals surface area contributed by atoms with Gasteiger partial charge in [-0.15, -0.1) is 0 Å². The van der Waals surface area contributed by atoms with Gasteiger partial charge in [-0.2, -0.15) is 0 Å².